The van der Waals surface area contributed by atoms with Crippen LogP contribution in [0.15, 0.2) is 0 Å². The average Bonchev–Trinajstić information content (AvgIpc) is 2.15. The molecule has 0 aromatic rings. The van der Waals surface area contributed by atoms with E-state index in [0.29, 0.717) is 11.1 Å². The van der Waals surface area contributed by atoms with Gasteiger partial charge in [0.05, 0.1) is 0 Å². The summed E-state index contributed by atoms with van der Waals surface area (Å²) < 4.78 is 0. The first kappa shape index (κ1) is 12.4. The van der Waals surface area contributed by atoms with Crippen LogP contribution in [-0.4, -0.2) is 46.1 Å². The molecule has 3 rings (SSSR count). The highest BCUT2D eigenvalue weighted by atomic mass is 15.4. The van der Waals surface area contributed by atoms with Crippen LogP contribution in [0.5, 0.6) is 0 Å². The first-order chi connectivity index (χ1) is 7.25. The van der Waals surface area contributed by atoms with E-state index in [0.717, 1.165) is 12.1 Å². The monoisotopic (exact) mass is 224 g/mol. The molecule has 2 nitrogen and oxygen atoms in total. The minimum atomic E-state index is 0.357. The lowest BCUT2D eigenvalue weighted by molar-refractivity contribution is -0.139. The number of nitrogens with zero attached hydrogens (tertiary/aromatic N) is 2. The first-order valence-electron chi connectivity index (χ1n) is 6.79. The SMILES string of the molecule is CCC(C)(C)N1CC2CC(C1)N2C(C)(C)C. The quantitative estimate of drug-likeness (QED) is 0.711. The smallest absolute Gasteiger partial charge is 0.0247 e. The molecule has 3 aliphatic rings. The lowest BCUT2D eigenvalue weighted by atomic mass is 9.80. The third-order valence-corrected chi connectivity index (χ3v) is 4.69. The third-order valence-electron chi connectivity index (χ3n) is 4.69. The molecule has 0 aromatic carbocycles. The molecule has 0 N–H and O–H groups in total. The zero-order chi connectivity index (χ0) is 12.1. The van der Waals surface area contributed by atoms with Crippen LogP contribution in [0.2, 0.25) is 0 Å². The Morgan fingerprint density at radius 1 is 1.00 bits per heavy atom. The molecule has 3 fully saturated rings. The lowest BCUT2D eigenvalue weighted by Crippen LogP contribution is -2.75. The van der Waals surface area contributed by atoms with Crippen LogP contribution in [0.4, 0.5) is 0 Å². The van der Waals surface area contributed by atoms with Crippen LogP contribution < -0.4 is 0 Å². The van der Waals surface area contributed by atoms with E-state index >= 15 is 0 Å². The Morgan fingerprint density at radius 2 is 1.50 bits per heavy atom. The van der Waals surface area contributed by atoms with Gasteiger partial charge in [0.25, 0.3) is 0 Å². The number of piperazine rings is 1. The van der Waals surface area contributed by atoms with Crippen molar-refractivity contribution in [3.63, 3.8) is 0 Å². The van der Waals surface area contributed by atoms with Crippen molar-refractivity contribution in [2.75, 3.05) is 13.1 Å². The molecule has 0 radical (unpaired) electrons. The normalized spacial score (nSPS) is 32.6. The summed E-state index contributed by atoms with van der Waals surface area (Å²) in [5, 5.41) is 0. The Kier molecular flexibility index (Phi) is 2.87. The summed E-state index contributed by atoms with van der Waals surface area (Å²) in [6.07, 6.45) is 2.68. The van der Waals surface area contributed by atoms with Crippen molar-refractivity contribution in [1.82, 2.24) is 9.80 Å². The van der Waals surface area contributed by atoms with Gasteiger partial charge in [-0.3, -0.25) is 9.80 Å². The number of fused-ring (bicyclic) bond motifs is 2. The predicted octanol–water partition coefficient (Wildman–Crippen LogP) is 2.73. The standard InChI is InChI=1S/C14H28N2/c1-7-14(5,6)15-9-11-8-12(10-15)16(11)13(2,3)4/h11-12H,7-10H2,1-6H3. The Hall–Kier alpha value is -0.0800. The lowest BCUT2D eigenvalue weighted by Gasteiger charge is -2.63. The van der Waals surface area contributed by atoms with E-state index in [1.54, 1.807) is 0 Å². The molecule has 3 heterocycles. The van der Waals surface area contributed by atoms with Crippen molar-refractivity contribution in [1.29, 1.82) is 0 Å². The van der Waals surface area contributed by atoms with Gasteiger partial charge in [-0.2, -0.15) is 0 Å². The number of hydrogen-bond donors (Lipinski definition) is 0. The molecule has 94 valence electrons. The molecule has 2 unspecified atom stereocenters. The maximum atomic E-state index is 2.73. The molecule has 0 aromatic heterocycles. The summed E-state index contributed by atoms with van der Waals surface area (Å²) in [5.74, 6) is 0. The minimum Gasteiger partial charge on any atom is -0.295 e. The topological polar surface area (TPSA) is 6.48 Å². The largest absolute Gasteiger partial charge is 0.295 e. The molecule has 0 saturated carbocycles. The zero-order valence-corrected chi connectivity index (χ0v) is 11.9. The molecular weight excluding hydrogens is 196 g/mol. The van der Waals surface area contributed by atoms with Crippen LogP contribution in [0.25, 0.3) is 0 Å². The second kappa shape index (κ2) is 3.71. The average molecular weight is 224 g/mol. The maximum Gasteiger partial charge on any atom is 0.0247 e. The van der Waals surface area contributed by atoms with Crippen molar-refractivity contribution in [3.05, 3.63) is 0 Å². The van der Waals surface area contributed by atoms with Crippen LogP contribution in [0, 0.1) is 0 Å². The molecule has 2 heteroatoms. The molecule has 0 amide bonds. The minimum absolute atomic E-state index is 0.357. The van der Waals surface area contributed by atoms with Gasteiger partial charge in [0.2, 0.25) is 0 Å². The van der Waals surface area contributed by atoms with Gasteiger partial charge in [0.1, 0.15) is 0 Å². The maximum absolute atomic E-state index is 2.73. The van der Waals surface area contributed by atoms with E-state index in [4.69, 9.17) is 0 Å². The van der Waals surface area contributed by atoms with E-state index in [1.807, 2.05) is 0 Å². The molecule has 3 saturated heterocycles. The Labute approximate surface area is 101 Å². The number of rotatable bonds is 2. The summed E-state index contributed by atoms with van der Waals surface area (Å²) in [6.45, 7) is 16.7. The molecule has 3 aliphatic heterocycles. The Bertz CT molecular complexity index is 252. The summed E-state index contributed by atoms with van der Waals surface area (Å²) in [7, 11) is 0. The van der Waals surface area contributed by atoms with Crippen molar-refractivity contribution in [2.24, 2.45) is 0 Å². The van der Waals surface area contributed by atoms with E-state index < -0.39 is 0 Å². The van der Waals surface area contributed by atoms with E-state index in [2.05, 4.69) is 51.3 Å². The molecule has 0 spiro atoms. The molecule has 0 aliphatic carbocycles. The van der Waals surface area contributed by atoms with Gasteiger partial charge < -0.3 is 0 Å². The van der Waals surface area contributed by atoms with Crippen LogP contribution >= 0.6 is 0 Å². The fraction of sp³-hybridized carbons (Fsp3) is 1.00. The zero-order valence-electron chi connectivity index (χ0n) is 11.9. The summed E-state index contributed by atoms with van der Waals surface area (Å²) in [6, 6.07) is 1.62. The van der Waals surface area contributed by atoms with Gasteiger partial charge in [0.15, 0.2) is 0 Å². The van der Waals surface area contributed by atoms with Crippen LogP contribution in [0.3, 0.4) is 0 Å². The summed E-state index contributed by atoms with van der Waals surface area (Å²) in [5.41, 5.74) is 0.747. The first-order valence-corrected chi connectivity index (χ1v) is 6.79. The highest BCUT2D eigenvalue weighted by molar-refractivity contribution is 5.07. The van der Waals surface area contributed by atoms with Gasteiger partial charge in [-0.1, -0.05) is 6.92 Å². The van der Waals surface area contributed by atoms with E-state index in [1.165, 1.54) is 25.9 Å². The van der Waals surface area contributed by atoms with Crippen molar-refractivity contribution in [2.45, 2.75) is 77.5 Å². The number of hydrogen-bond acceptors (Lipinski definition) is 2. The van der Waals surface area contributed by atoms with Gasteiger partial charge in [-0.15, -0.1) is 0 Å². The van der Waals surface area contributed by atoms with Crippen LogP contribution in [0.1, 0.15) is 54.4 Å². The van der Waals surface area contributed by atoms with Crippen molar-refractivity contribution in [3.8, 4) is 0 Å². The predicted molar refractivity (Wildman–Crippen MR) is 69.7 cm³/mol. The molecule has 2 atom stereocenters. The summed E-state index contributed by atoms with van der Waals surface area (Å²) >= 11 is 0. The second-order valence-corrected chi connectivity index (χ2v) is 7.19. The summed E-state index contributed by atoms with van der Waals surface area (Å²) in [4.78, 5) is 5.43. The Balaban J connectivity index is 2.02. The molecule has 2 bridgehead atoms. The van der Waals surface area contributed by atoms with Gasteiger partial charge in [-0.05, 0) is 47.5 Å². The van der Waals surface area contributed by atoms with Gasteiger partial charge in [-0.25, -0.2) is 0 Å². The number of piperidine rings is 1. The van der Waals surface area contributed by atoms with E-state index in [9.17, 15) is 0 Å². The molecular formula is C14H28N2. The van der Waals surface area contributed by atoms with Crippen molar-refractivity contribution < 1.29 is 0 Å². The highest BCUT2D eigenvalue weighted by Crippen LogP contribution is 2.40. The second-order valence-electron chi connectivity index (χ2n) is 7.19. The van der Waals surface area contributed by atoms with Crippen LogP contribution in [-0.2, 0) is 0 Å². The fourth-order valence-corrected chi connectivity index (χ4v) is 3.42. The fourth-order valence-electron chi connectivity index (χ4n) is 3.42. The third kappa shape index (κ3) is 1.91. The van der Waals surface area contributed by atoms with Crippen molar-refractivity contribution >= 4 is 0 Å². The Morgan fingerprint density at radius 3 is 1.88 bits per heavy atom. The van der Waals surface area contributed by atoms with Gasteiger partial charge in [0, 0.05) is 36.3 Å². The molecule has 16 heavy (non-hydrogen) atoms. The highest BCUT2D eigenvalue weighted by Gasteiger charge is 2.50. The van der Waals surface area contributed by atoms with Gasteiger partial charge >= 0.3 is 0 Å². The van der Waals surface area contributed by atoms with E-state index in [-0.39, 0.29) is 0 Å².